The van der Waals surface area contributed by atoms with E-state index in [-0.39, 0.29) is 17.5 Å². The van der Waals surface area contributed by atoms with Crippen LogP contribution >= 0.6 is 11.3 Å². The standard InChI is InChI=1S/C23H24F2N4OS/c1-16-21(31-23(27-16)17-2-4-18(24)5-3-17)22(30)26-10-11-28-12-14-29(15-13-28)20-8-6-19(25)7-9-20/h2-9H,10-15H2,1H3,(H,26,30). The monoisotopic (exact) mass is 442 g/mol. The van der Waals surface area contributed by atoms with Gasteiger partial charge in [0.25, 0.3) is 5.91 Å². The molecular formula is C23H24F2N4OS. The number of thiazole rings is 1. The van der Waals surface area contributed by atoms with Gasteiger partial charge in [-0.3, -0.25) is 9.69 Å². The van der Waals surface area contributed by atoms with E-state index in [1.807, 2.05) is 19.1 Å². The van der Waals surface area contributed by atoms with Crippen LogP contribution in [0.2, 0.25) is 0 Å². The second-order valence-corrected chi connectivity index (χ2v) is 8.50. The molecule has 1 aromatic heterocycles. The van der Waals surface area contributed by atoms with Crippen LogP contribution in [-0.2, 0) is 0 Å². The first kappa shape index (κ1) is 21.4. The second-order valence-electron chi connectivity index (χ2n) is 7.50. The van der Waals surface area contributed by atoms with Crippen LogP contribution in [0.25, 0.3) is 10.6 Å². The number of carbonyl (C=O) groups excluding carboxylic acids is 1. The van der Waals surface area contributed by atoms with Gasteiger partial charge < -0.3 is 10.2 Å². The van der Waals surface area contributed by atoms with Gasteiger partial charge in [-0.25, -0.2) is 13.8 Å². The van der Waals surface area contributed by atoms with Gasteiger partial charge in [0.1, 0.15) is 21.5 Å². The number of hydrogen-bond donors (Lipinski definition) is 1. The van der Waals surface area contributed by atoms with Gasteiger partial charge in [-0.15, -0.1) is 11.3 Å². The van der Waals surface area contributed by atoms with E-state index >= 15 is 0 Å². The summed E-state index contributed by atoms with van der Waals surface area (Å²) in [5.74, 6) is -0.652. The molecule has 0 atom stereocenters. The first-order valence-corrected chi connectivity index (χ1v) is 11.1. The molecule has 2 aromatic carbocycles. The molecule has 1 amide bonds. The number of hydrogen-bond acceptors (Lipinski definition) is 5. The van der Waals surface area contributed by atoms with E-state index in [0.29, 0.717) is 22.1 Å². The van der Waals surface area contributed by atoms with Gasteiger partial charge in [0.2, 0.25) is 0 Å². The van der Waals surface area contributed by atoms with E-state index in [2.05, 4.69) is 20.1 Å². The minimum absolute atomic E-state index is 0.131. The molecule has 1 saturated heterocycles. The van der Waals surface area contributed by atoms with Gasteiger partial charge in [-0.2, -0.15) is 0 Å². The van der Waals surface area contributed by atoms with Crippen molar-refractivity contribution in [2.45, 2.75) is 6.92 Å². The largest absolute Gasteiger partial charge is 0.369 e. The van der Waals surface area contributed by atoms with Crippen LogP contribution in [0.5, 0.6) is 0 Å². The van der Waals surface area contributed by atoms with Gasteiger partial charge in [0.15, 0.2) is 0 Å². The lowest BCUT2D eigenvalue weighted by Crippen LogP contribution is -2.48. The molecule has 1 aliphatic heterocycles. The van der Waals surface area contributed by atoms with E-state index in [1.54, 1.807) is 12.1 Å². The van der Waals surface area contributed by atoms with Crippen molar-refractivity contribution in [3.63, 3.8) is 0 Å². The van der Waals surface area contributed by atoms with Gasteiger partial charge >= 0.3 is 0 Å². The second kappa shape index (κ2) is 9.53. The highest BCUT2D eigenvalue weighted by Crippen LogP contribution is 2.28. The number of nitrogens with zero attached hydrogens (tertiary/aromatic N) is 3. The first-order valence-electron chi connectivity index (χ1n) is 10.2. The van der Waals surface area contributed by atoms with Crippen LogP contribution in [0.15, 0.2) is 48.5 Å². The molecule has 0 spiro atoms. The quantitative estimate of drug-likeness (QED) is 0.628. The summed E-state index contributed by atoms with van der Waals surface area (Å²) in [6.07, 6.45) is 0. The molecule has 0 radical (unpaired) electrons. The number of aryl methyl sites for hydroxylation is 1. The summed E-state index contributed by atoms with van der Waals surface area (Å²) >= 11 is 1.32. The molecule has 1 aliphatic rings. The van der Waals surface area contributed by atoms with Crippen LogP contribution in [0.3, 0.4) is 0 Å². The molecule has 3 aromatic rings. The Morgan fingerprint density at radius 3 is 2.26 bits per heavy atom. The number of carbonyl (C=O) groups is 1. The fraction of sp³-hybridized carbons (Fsp3) is 0.304. The van der Waals surface area contributed by atoms with E-state index in [1.165, 1.54) is 35.6 Å². The predicted octanol–water partition coefficient (Wildman–Crippen LogP) is 3.95. The van der Waals surface area contributed by atoms with E-state index < -0.39 is 0 Å². The highest BCUT2D eigenvalue weighted by atomic mass is 32.1. The van der Waals surface area contributed by atoms with Gasteiger partial charge in [-0.1, -0.05) is 0 Å². The number of nitrogens with one attached hydrogen (secondary N) is 1. The molecule has 0 saturated carbocycles. The molecule has 1 N–H and O–H groups in total. The van der Waals surface area contributed by atoms with Crippen molar-refractivity contribution in [1.29, 1.82) is 0 Å². The van der Waals surface area contributed by atoms with E-state index in [4.69, 9.17) is 0 Å². The topological polar surface area (TPSA) is 48.5 Å². The van der Waals surface area contributed by atoms with Crippen LogP contribution in [0.1, 0.15) is 15.4 Å². The lowest BCUT2D eigenvalue weighted by Gasteiger charge is -2.36. The molecule has 4 rings (SSSR count). The van der Waals surface area contributed by atoms with Gasteiger partial charge in [0, 0.05) is 50.5 Å². The Bertz CT molecular complexity index is 1030. The number of amides is 1. The SMILES string of the molecule is Cc1nc(-c2ccc(F)cc2)sc1C(=O)NCCN1CCN(c2ccc(F)cc2)CC1. The highest BCUT2D eigenvalue weighted by Gasteiger charge is 2.19. The maximum atomic E-state index is 13.1. The Morgan fingerprint density at radius 2 is 1.61 bits per heavy atom. The summed E-state index contributed by atoms with van der Waals surface area (Å²) in [6, 6.07) is 12.7. The van der Waals surface area contributed by atoms with Gasteiger partial charge in [-0.05, 0) is 55.5 Å². The molecule has 2 heterocycles. The number of rotatable bonds is 6. The number of aromatic nitrogens is 1. The maximum Gasteiger partial charge on any atom is 0.263 e. The Labute approximate surface area is 184 Å². The van der Waals surface area contributed by atoms with E-state index in [0.717, 1.165) is 44.0 Å². The average Bonchev–Trinajstić information content (AvgIpc) is 3.17. The first-order chi connectivity index (χ1) is 15.0. The Hall–Kier alpha value is -2.84. The molecule has 0 aliphatic carbocycles. The van der Waals surface area contributed by atoms with Crippen molar-refractivity contribution in [1.82, 2.24) is 15.2 Å². The Kier molecular flexibility index (Phi) is 6.58. The summed E-state index contributed by atoms with van der Waals surface area (Å²) in [5, 5.41) is 3.69. The average molecular weight is 443 g/mol. The van der Waals surface area contributed by atoms with Crippen LogP contribution in [-0.4, -0.2) is 55.1 Å². The van der Waals surface area contributed by atoms with Crippen LogP contribution in [0, 0.1) is 18.6 Å². The summed E-state index contributed by atoms with van der Waals surface area (Å²) in [4.78, 5) is 22.2. The van der Waals surface area contributed by atoms with E-state index in [9.17, 15) is 13.6 Å². The summed E-state index contributed by atoms with van der Waals surface area (Å²) in [5.41, 5.74) is 2.51. The molecule has 5 nitrogen and oxygen atoms in total. The molecule has 1 fully saturated rings. The minimum Gasteiger partial charge on any atom is -0.369 e. The molecule has 0 unspecified atom stereocenters. The van der Waals surface area contributed by atoms with Crippen LogP contribution < -0.4 is 10.2 Å². The summed E-state index contributed by atoms with van der Waals surface area (Å²) in [6.45, 7) is 6.66. The molecular weight excluding hydrogens is 418 g/mol. The molecule has 162 valence electrons. The third kappa shape index (κ3) is 5.26. The van der Waals surface area contributed by atoms with Gasteiger partial charge in [0.05, 0.1) is 5.69 Å². The molecule has 8 heteroatoms. The number of piperazine rings is 1. The smallest absolute Gasteiger partial charge is 0.263 e. The van der Waals surface area contributed by atoms with Crippen molar-refractivity contribution in [2.24, 2.45) is 0 Å². The maximum absolute atomic E-state index is 13.1. The van der Waals surface area contributed by atoms with Crippen molar-refractivity contribution >= 4 is 22.9 Å². The lowest BCUT2D eigenvalue weighted by atomic mass is 10.2. The zero-order valence-corrected chi connectivity index (χ0v) is 18.1. The fourth-order valence-electron chi connectivity index (χ4n) is 3.61. The number of anilines is 1. The minimum atomic E-state index is -0.298. The molecule has 31 heavy (non-hydrogen) atoms. The Morgan fingerprint density at radius 1 is 1.00 bits per heavy atom. The third-order valence-corrected chi connectivity index (χ3v) is 6.58. The van der Waals surface area contributed by atoms with Crippen LogP contribution in [0.4, 0.5) is 14.5 Å². The number of halogens is 2. The number of benzene rings is 2. The zero-order chi connectivity index (χ0) is 21.8. The van der Waals surface area contributed by atoms with Crippen molar-refractivity contribution in [2.75, 3.05) is 44.2 Å². The zero-order valence-electron chi connectivity index (χ0n) is 17.3. The third-order valence-electron chi connectivity index (χ3n) is 5.37. The summed E-state index contributed by atoms with van der Waals surface area (Å²) in [7, 11) is 0. The van der Waals surface area contributed by atoms with Crippen molar-refractivity contribution in [3.05, 3.63) is 70.7 Å². The molecule has 0 bridgehead atoms. The fourth-order valence-corrected chi connectivity index (χ4v) is 4.60. The van der Waals surface area contributed by atoms with Crippen molar-refractivity contribution < 1.29 is 13.6 Å². The predicted molar refractivity (Wildman–Crippen MR) is 120 cm³/mol. The normalized spacial score (nSPS) is 14.6. The van der Waals surface area contributed by atoms with Crippen molar-refractivity contribution in [3.8, 4) is 10.6 Å². The highest BCUT2D eigenvalue weighted by molar-refractivity contribution is 7.17. The lowest BCUT2D eigenvalue weighted by molar-refractivity contribution is 0.0951. The summed E-state index contributed by atoms with van der Waals surface area (Å²) < 4.78 is 26.2. The Balaban J connectivity index is 1.25.